The first-order valence-corrected chi connectivity index (χ1v) is 11.5. The van der Waals surface area contributed by atoms with E-state index in [1.54, 1.807) is 44.9 Å². The number of hydrogen-bond acceptors (Lipinski definition) is 0. The molecular weight excluding hydrogens is 288 g/mol. The van der Waals surface area contributed by atoms with E-state index >= 15 is 0 Å². The van der Waals surface area contributed by atoms with Crippen molar-refractivity contribution in [1.29, 1.82) is 0 Å². The fourth-order valence-electron chi connectivity index (χ4n) is 8.25. The van der Waals surface area contributed by atoms with Crippen LogP contribution in [0.3, 0.4) is 0 Å². The largest absolute Gasteiger partial charge is 0.0683 e. The van der Waals surface area contributed by atoms with Gasteiger partial charge in [-0.25, -0.2) is 0 Å². The highest BCUT2D eigenvalue weighted by molar-refractivity contribution is 5.08. The summed E-state index contributed by atoms with van der Waals surface area (Å²) >= 11 is 0. The highest BCUT2D eigenvalue weighted by Gasteiger charge is 2.59. The Hall–Kier alpha value is 0. The summed E-state index contributed by atoms with van der Waals surface area (Å²) in [6.45, 7) is 14.4. The first-order chi connectivity index (χ1) is 11.5. The third kappa shape index (κ3) is 2.69. The van der Waals surface area contributed by atoms with Gasteiger partial charge in [-0.15, -0.1) is 0 Å². The molecule has 0 saturated heterocycles. The van der Waals surface area contributed by atoms with Crippen LogP contribution >= 0.6 is 0 Å². The molecule has 24 heavy (non-hydrogen) atoms. The smallest absolute Gasteiger partial charge is 0.0266 e. The highest BCUT2D eigenvalue weighted by atomic mass is 14.6. The monoisotopic (exact) mass is 332 g/mol. The molecule has 4 fully saturated rings. The highest BCUT2D eigenvalue weighted by Crippen LogP contribution is 2.68. The second-order valence-electron chi connectivity index (χ2n) is 10.3. The van der Waals surface area contributed by atoms with Gasteiger partial charge in [-0.3, -0.25) is 0 Å². The molecule has 8 atom stereocenters. The molecule has 0 aromatic rings. The molecule has 4 rings (SSSR count). The molecule has 0 nitrogen and oxygen atoms in total. The number of hydrogen-bond donors (Lipinski definition) is 0. The maximum absolute atomic E-state index is 2.72. The molecule has 0 heteroatoms. The van der Waals surface area contributed by atoms with Crippen LogP contribution in [0.5, 0.6) is 0 Å². The standard InChI is InChI=1S/C22H38.C2H6/c1-5-16-7-9-19-18-8-6-17-14-15(2)10-12-22(17,4)20(18)11-13-21(16,19)3;1-2/h15-20H,5-14H2,1-4H3;1-2H3. The van der Waals surface area contributed by atoms with Crippen molar-refractivity contribution < 1.29 is 0 Å². The molecule has 0 aromatic heterocycles. The van der Waals surface area contributed by atoms with Crippen LogP contribution in [0.25, 0.3) is 0 Å². The lowest BCUT2D eigenvalue weighted by molar-refractivity contribution is -0.117. The molecule has 0 N–H and O–H groups in total. The minimum Gasteiger partial charge on any atom is -0.0683 e. The summed E-state index contributed by atoms with van der Waals surface area (Å²) in [5.74, 6) is 6.34. The van der Waals surface area contributed by atoms with Gasteiger partial charge < -0.3 is 0 Å². The van der Waals surface area contributed by atoms with Crippen LogP contribution in [0.1, 0.15) is 106 Å². The maximum Gasteiger partial charge on any atom is -0.0266 e. The molecule has 140 valence electrons. The zero-order valence-electron chi connectivity index (χ0n) is 17.5. The second kappa shape index (κ2) is 6.96. The van der Waals surface area contributed by atoms with Crippen LogP contribution < -0.4 is 0 Å². The van der Waals surface area contributed by atoms with Gasteiger partial charge in [0.2, 0.25) is 0 Å². The Morgan fingerprint density at radius 1 is 0.792 bits per heavy atom. The lowest BCUT2D eigenvalue weighted by Crippen LogP contribution is -2.53. The van der Waals surface area contributed by atoms with E-state index < -0.39 is 0 Å². The van der Waals surface area contributed by atoms with Gasteiger partial charge in [0, 0.05) is 0 Å². The fourth-order valence-corrected chi connectivity index (χ4v) is 8.25. The molecule has 0 bridgehead atoms. The fraction of sp³-hybridized carbons (Fsp3) is 1.00. The summed E-state index contributed by atoms with van der Waals surface area (Å²) in [4.78, 5) is 0. The zero-order valence-corrected chi connectivity index (χ0v) is 17.5. The van der Waals surface area contributed by atoms with Gasteiger partial charge in [0.1, 0.15) is 0 Å². The molecule has 0 heterocycles. The van der Waals surface area contributed by atoms with Crippen molar-refractivity contribution in [1.82, 2.24) is 0 Å². The Morgan fingerprint density at radius 2 is 1.46 bits per heavy atom. The predicted molar refractivity (Wildman–Crippen MR) is 106 cm³/mol. The van der Waals surface area contributed by atoms with Crippen LogP contribution in [0.15, 0.2) is 0 Å². The quantitative estimate of drug-likeness (QED) is 0.461. The van der Waals surface area contributed by atoms with Gasteiger partial charge in [0.05, 0.1) is 0 Å². The van der Waals surface area contributed by atoms with Crippen LogP contribution in [-0.2, 0) is 0 Å². The van der Waals surface area contributed by atoms with Crippen LogP contribution in [0.2, 0.25) is 0 Å². The minimum absolute atomic E-state index is 0.709. The molecule has 4 saturated carbocycles. The number of fused-ring (bicyclic) bond motifs is 5. The van der Waals surface area contributed by atoms with Crippen molar-refractivity contribution in [3.8, 4) is 0 Å². The summed E-state index contributed by atoms with van der Waals surface area (Å²) in [6.07, 6.45) is 15.4. The molecule has 4 aliphatic carbocycles. The average Bonchev–Trinajstić information content (AvgIpc) is 2.93. The molecule has 0 radical (unpaired) electrons. The Kier molecular flexibility index (Phi) is 5.44. The van der Waals surface area contributed by atoms with E-state index in [1.807, 2.05) is 13.8 Å². The Labute approximate surface area is 152 Å². The third-order valence-electron chi connectivity index (χ3n) is 9.62. The summed E-state index contributed by atoms with van der Waals surface area (Å²) in [6, 6.07) is 0. The van der Waals surface area contributed by atoms with Crippen molar-refractivity contribution in [2.45, 2.75) is 106 Å². The SMILES string of the molecule is CC.CCC1CCC2C3CCC4CC(C)CCC4(C)C3CCC12C. The predicted octanol–water partition coefficient (Wildman–Crippen LogP) is 7.72. The zero-order chi connectivity index (χ0) is 17.5. The summed E-state index contributed by atoms with van der Waals surface area (Å²) in [5.41, 5.74) is 1.42. The van der Waals surface area contributed by atoms with E-state index in [9.17, 15) is 0 Å². The van der Waals surface area contributed by atoms with Gasteiger partial charge in [0.25, 0.3) is 0 Å². The molecule has 0 aliphatic heterocycles. The van der Waals surface area contributed by atoms with Crippen molar-refractivity contribution in [2.75, 3.05) is 0 Å². The van der Waals surface area contributed by atoms with Gasteiger partial charge in [-0.2, -0.15) is 0 Å². The van der Waals surface area contributed by atoms with Crippen LogP contribution in [0, 0.1) is 46.3 Å². The molecule has 4 aliphatic rings. The van der Waals surface area contributed by atoms with Crippen molar-refractivity contribution in [3.63, 3.8) is 0 Å². The van der Waals surface area contributed by atoms with Gasteiger partial charge in [-0.05, 0) is 97.7 Å². The lowest BCUT2D eigenvalue weighted by atomic mass is 9.44. The van der Waals surface area contributed by atoms with E-state index in [2.05, 4.69) is 27.7 Å². The van der Waals surface area contributed by atoms with Crippen molar-refractivity contribution >= 4 is 0 Å². The number of rotatable bonds is 1. The van der Waals surface area contributed by atoms with E-state index in [-0.39, 0.29) is 0 Å². The molecule has 8 unspecified atom stereocenters. The van der Waals surface area contributed by atoms with E-state index in [1.165, 1.54) is 19.3 Å². The van der Waals surface area contributed by atoms with Crippen molar-refractivity contribution in [3.05, 3.63) is 0 Å². The summed E-state index contributed by atoms with van der Waals surface area (Å²) in [5, 5.41) is 0. The topological polar surface area (TPSA) is 0 Å². The Balaban J connectivity index is 0.000000815. The maximum atomic E-state index is 2.72. The van der Waals surface area contributed by atoms with E-state index in [0.717, 1.165) is 35.5 Å². The minimum atomic E-state index is 0.709. The Morgan fingerprint density at radius 3 is 2.17 bits per heavy atom. The lowest BCUT2D eigenvalue weighted by Gasteiger charge is -2.61. The molecule has 0 aromatic carbocycles. The van der Waals surface area contributed by atoms with Gasteiger partial charge in [-0.1, -0.05) is 54.4 Å². The van der Waals surface area contributed by atoms with Gasteiger partial charge >= 0.3 is 0 Å². The van der Waals surface area contributed by atoms with E-state index in [0.29, 0.717) is 10.8 Å². The van der Waals surface area contributed by atoms with Crippen LogP contribution in [-0.4, -0.2) is 0 Å². The van der Waals surface area contributed by atoms with Crippen molar-refractivity contribution in [2.24, 2.45) is 46.3 Å². The van der Waals surface area contributed by atoms with Gasteiger partial charge in [0.15, 0.2) is 0 Å². The first-order valence-electron chi connectivity index (χ1n) is 11.5. The molecular formula is C24H44. The van der Waals surface area contributed by atoms with E-state index in [4.69, 9.17) is 0 Å². The molecule has 0 amide bonds. The van der Waals surface area contributed by atoms with Crippen LogP contribution in [0.4, 0.5) is 0 Å². The second-order valence-corrected chi connectivity index (χ2v) is 10.3. The molecule has 0 spiro atoms. The average molecular weight is 333 g/mol. The normalized spacial score (nSPS) is 53.2. The third-order valence-corrected chi connectivity index (χ3v) is 9.62. The first kappa shape index (κ1) is 18.8. The summed E-state index contributed by atoms with van der Waals surface area (Å²) < 4.78 is 0. The Bertz CT molecular complexity index is 426. The summed E-state index contributed by atoms with van der Waals surface area (Å²) in [7, 11) is 0.